The summed E-state index contributed by atoms with van der Waals surface area (Å²) < 4.78 is 10.6. The van der Waals surface area contributed by atoms with Crippen LogP contribution in [0.3, 0.4) is 0 Å². The van der Waals surface area contributed by atoms with Gasteiger partial charge >= 0.3 is 6.09 Å². The molecule has 0 bridgehead atoms. The van der Waals surface area contributed by atoms with Crippen LogP contribution < -0.4 is 5.73 Å². The molecule has 5 nitrogen and oxygen atoms in total. The minimum absolute atomic E-state index is 0. The van der Waals surface area contributed by atoms with Crippen molar-refractivity contribution in [3.8, 4) is 0 Å². The fraction of sp³-hybridized carbons (Fsp3) is 0.900. The van der Waals surface area contributed by atoms with Crippen LogP contribution in [-0.4, -0.2) is 48.9 Å². The number of halogens is 1. The summed E-state index contributed by atoms with van der Waals surface area (Å²) in [5.74, 6) is 0. The van der Waals surface area contributed by atoms with Crippen molar-refractivity contribution in [3.05, 3.63) is 0 Å². The Balaban J connectivity index is 0.00000225. The first-order chi connectivity index (χ1) is 6.92. The molecule has 0 aromatic carbocycles. The van der Waals surface area contributed by atoms with Crippen LogP contribution in [0, 0.1) is 0 Å². The zero-order valence-corrected chi connectivity index (χ0v) is 10.9. The van der Waals surface area contributed by atoms with Crippen molar-refractivity contribution >= 4 is 18.5 Å². The number of nitrogens with zero attached hydrogens (tertiary/aromatic N) is 1. The second-order valence-electron chi connectivity index (χ2n) is 4.65. The normalized spacial score (nSPS) is 21.2. The summed E-state index contributed by atoms with van der Waals surface area (Å²) in [5, 5.41) is 0. The first kappa shape index (κ1) is 15.5. The molecular weight excluding hydrogens is 232 g/mol. The van der Waals surface area contributed by atoms with E-state index in [9.17, 15) is 4.79 Å². The van der Waals surface area contributed by atoms with Crippen LogP contribution in [0.2, 0.25) is 0 Å². The van der Waals surface area contributed by atoms with Crippen molar-refractivity contribution < 1.29 is 14.3 Å². The van der Waals surface area contributed by atoms with E-state index in [-0.39, 0.29) is 24.6 Å². The van der Waals surface area contributed by atoms with Gasteiger partial charge in [0.1, 0.15) is 5.60 Å². The summed E-state index contributed by atoms with van der Waals surface area (Å²) in [6.07, 6.45) is -0.351. The fourth-order valence-electron chi connectivity index (χ4n) is 1.35. The monoisotopic (exact) mass is 252 g/mol. The van der Waals surface area contributed by atoms with Gasteiger partial charge < -0.3 is 20.1 Å². The topological polar surface area (TPSA) is 64.8 Å². The highest BCUT2D eigenvalue weighted by Crippen LogP contribution is 2.12. The molecule has 96 valence electrons. The second-order valence-corrected chi connectivity index (χ2v) is 4.65. The molecule has 2 N–H and O–H groups in total. The Labute approximate surface area is 103 Å². The van der Waals surface area contributed by atoms with Crippen LogP contribution in [0.1, 0.15) is 20.8 Å². The third-order valence-corrected chi connectivity index (χ3v) is 2.05. The summed E-state index contributed by atoms with van der Waals surface area (Å²) in [6, 6.07) is 0. The second kappa shape index (κ2) is 6.27. The number of hydrogen-bond acceptors (Lipinski definition) is 4. The van der Waals surface area contributed by atoms with E-state index >= 15 is 0 Å². The average Bonchev–Trinajstić information content (AvgIpc) is 2.15. The molecule has 1 amide bonds. The molecule has 0 spiro atoms. The summed E-state index contributed by atoms with van der Waals surface area (Å²) in [4.78, 5) is 13.3. The lowest BCUT2D eigenvalue weighted by atomic mass is 10.2. The van der Waals surface area contributed by atoms with E-state index in [0.29, 0.717) is 26.2 Å². The van der Waals surface area contributed by atoms with Gasteiger partial charge in [0.15, 0.2) is 0 Å². The van der Waals surface area contributed by atoms with E-state index in [1.807, 2.05) is 20.8 Å². The van der Waals surface area contributed by atoms with E-state index < -0.39 is 5.60 Å². The quantitative estimate of drug-likeness (QED) is 0.756. The lowest BCUT2D eigenvalue weighted by molar-refractivity contribution is -0.0384. The number of hydrogen-bond donors (Lipinski definition) is 1. The number of carbonyl (C=O) groups excluding carboxylic acids is 1. The molecule has 1 saturated heterocycles. The molecule has 1 heterocycles. The van der Waals surface area contributed by atoms with Gasteiger partial charge in [0.05, 0.1) is 19.3 Å². The highest BCUT2D eigenvalue weighted by molar-refractivity contribution is 5.85. The van der Waals surface area contributed by atoms with Gasteiger partial charge in [0, 0.05) is 13.1 Å². The first-order valence-electron chi connectivity index (χ1n) is 5.22. The summed E-state index contributed by atoms with van der Waals surface area (Å²) in [7, 11) is 0. The number of morpholine rings is 1. The molecule has 1 rings (SSSR count). The molecule has 6 heteroatoms. The molecular formula is C10H21ClN2O3. The molecule has 1 fully saturated rings. The van der Waals surface area contributed by atoms with Crippen LogP contribution >= 0.6 is 12.4 Å². The maximum absolute atomic E-state index is 11.7. The summed E-state index contributed by atoms with van der Waals surface area (Å²) in [5.41, 5.74) is 5.04. The van der Waals surface area contributed by atoms with Crippen LogP contribution in [0.25, 0.3) is 0 Å². The minimum Gasteiger partial charge on any atom is -0.444 e. The van der Waals surface area contributed by atoms with Crippen LogP contribution in [0.4, 0.5) is 4.79 Å². The summed E-state index contributed by atoms with van der Waals surface area (Å²) >= 11 is 0. The van der Waals surface area contributed by atoms with Crippen molar-refractivity contribution in [2.75, 3.05) is 26.2 Å². The van der Waals surface area contributed by atoms with Gasteiger partial charge in [-0.05, 0) is 20.8 Å². The van der Waals surface area contributed by atoms with Gasteiger partial charge in [-0.3, -0.25) is 0 Å². The molecule has 1 atom stereocenters. The molecule has 16 heavy (non-hydrogen) atoms. The number of nitrogens with two attached hydrogens (primary N) is 1. The van der Waals surface area contributed by atoms with Gasteiger partial charge in [-0.1, -0.05) is 0 Å². The Hall–Kier alpha value is -0.520. The molecule has 0 aromatic rings. The zero-order chi connectivity index (χ0) is 11.5. The summed E-state index contributed by atoms with van der Waals surface area (Å²) in [6.45, 7) is 7.61. The van der Waals surface area contributed by atoms with Gasteiger partial charge in [-0.15, -0.1) is 12.4 Å². The third-order valence-electron chi connectivity index (χ3n) is 2.05. The lowest BCUT2D eigenvalue weighted by Crippen LogP contribution is -2.49. The SMILES string of the molecule is CC(C)(C)OC(=O)N1CCO[C@H](CN)C1.Cl. The highest BCUT2D eigenvalue weighted by atomic mass is 35.5. The third kappa shape index (κ3) is 5.01. The van der Waals surface area contributed by atoms with Crippen molar-refractivity contribution in [1.82, 2.24) is 4.90 Å². The molecule has 0 saturated carbocycles. The van der Waals surface area contributed by atoms with Crippen molar-refractivity contribution in [2.24, 2.45) is 5.73 Å². The van der Waals surface area contributed by atoms with E-state index in [0.717, 1.165) is 0 Å². The predicted octanol–water partition coefficient (Wildman–Crippen LogP) is 1.00. The molecule has 0 radical (unpaired) electrons. The van der Waals surface area contributed by atoms with E-state index in [1.54, 1.807) is 4.90 Å². The van der Waals surface area contributed by atoms with E-state index in [2.05, 4.69) is 0 Å². The van der Waals surface area contributed by atoms with Gasteiger partial charge in [0.25, 0.3) is 0 Å². The van der Waals surface area contributed by atoms with Crippen LogP contribution in [0.5, 0.6) is 0 Å². The van der Waals surface area contributed by atoms with E-state index in [4.69, 9.17) is 15.2 Å². The lowest BCUT2D eigenvalue weighted by Gasteiger charge is -2.33. The molecule has 1 aliphatic rings. The largest absolute Gasteiger partial charge is 0.444 e. The van der Waals surface area contributed by atoms with Crippen molar-refractivity contribution in [2.45, 2.75) is 32.5 Å². The average molecular weight is 253 g/mol. The zero-order valence-electron chi connectivity index (χ0n) is 10.1. The highest BCUT2D eigenvalue weighted by Gasteiger charge is 2.27. The van der Waals surface area contributed by atoms with E-state index in [1.165, 1.54) is 0 Å². The van der Waals surface area contributed by atoms with Gasteiger partial charge in [-0.2, -0.15) is 0 Å². The smallest absolute Gasteiger partial charge is 0.410 e. The molecule has 0 aliphatic carbocycles. The molecule has 1 aliphatic heterocycles. The number of carbonyl (C=O) groups is 1. The molecule has 0 unspecified atom stereocenters. The minimum atomic E-state index is -0.451. The molecule has 0 aromatic heterocycles. The Morgan fingerprint density at radius 2 is 2.19 bits per heavy atom. The Morgan fingerprint density at radius 1 is 1.56 bits per heavy atom. The Kier molecular flexibility index (Phi) is 6.07. The van der Waals surface area contributed by atoms with Crippen LogP contribution in [0.15, 0.2) is 0 Å². The standard InChI is InChI=1S/C10H20N2O3.ClH/c1-10(2,3)15-9(13)12-4-5-14-8(6-11)7-12;/h8H,4-7,11H2,1-3H3;1H/t8-;/m1./s1. The van der Waals surface area contributed by atoms with Crippen LogP contribution in [-0.2, 0) is 9.47 Å². The van der Waals surface area contributed by atoms with Crippen molar-refractivity contribution in [3.63, 3.8) is 0 Å². The first-order valence-corrected chi connectivity index (χ1v) is 5.22. The maximum atomic E-state index is 11.7. The Morgan fingerprint density at radius 3 is 2.69 bits per heavy atom. The predicted molar refractivity (Wildman–Crippen MR) is 63.8 cm³/mol. The number of amides is 1. The fourth-order valence-corrected chi connectivity index (χ4v) is 1.35. The van der Waals surface area contributed by atoms with Gasteiger partial charge in [0.2, 0.25) is 0 Å². The number of ether oxygens (including phenoxy) is 2. The Bertz CT molecular complexity index is 231. The van der Waals surface area contributed by atoms with Crippen molar-refractivity contribution in [1.29, 1.82) is 0 Å². The maximum Gasteiger partial charge on any atom is 0.410 e. The van der Waals surface area contributed by atoms with Gasteiger partial charge in [-0.25, -0.2) is 4.79 Å². The number of rotatable bonds is 1.